The maximum atomic E-state index is 12.5. The minimum absolute atomic E-state index is 0.0426. The smallest absolute Gasteiger partial charge is 0.422 e. The van der Waals surface area contributed by atoms with Crippen molar-refractivity contribution in [3.63, 3.8) is 0 Å². The molecule has 2 aromatic rings. The van der Waals surface area contributed by atoms with E-state index < -0.39 is 18.9 Å². The minimum atomic E-state index is -4.45. The lowest BCUT2D eigenvalue weighted by molar-refractivity contribution is -0.154. The first-order chi connectivity index (χ1) is 12.9. The van der Waals surface area contributed by atoms with Crippen molar-refractivity contribution in [3.05, 3.63) is 36.5 Å². The molecule has 144 valence electrons. The van der Waals surface area contributed by atoms with Crippen LogP contribution in [-0.4, -0.2) is 33.8 Å². The van der Waals surface area contributed by atoms with Crippen LogP contribution < -0.4 is 14.8 Å². The lowest BCUT2D eigenvalue weighted by Gasteiger charge is -2.17. The van der Waals surface area contributed by atoms with E-state index in [-0.39, 0.29) is 17.5 Å². The van der Waals surface area contributed by atoms with Gasteiger partial charge in [-0.1, -0.05) is 12.8 Å². The Bertz CT molecular complexity index is 781. The molecule has 0 aromatic carbocycles. The van der Waals surface area contributed by atoms with Crippen molar-refractivity contribution in [2.45, 2.75) is 37.8 Å². The van der Waals surface area contributed by atoms with Crippen molar-refractivity contribution in [1.29, 1.82) is 0 Å². The van der Waals surface area contributed by atoms with Crippen LogP contribution in [0.4, 0.5) is 23.7 Å². The molecule has 0 spiro atoms. The standard InChI is InChI=1S/C17H17F3N4O3/c18-17(19,20)9-26-15-14(11-3-1-2-4-11)5-12(6-23-15)24-16(25)27-13-7-21-10-22-8-13/h5-8,10-11H,1-4,9H2,(H,24,25). The van der Waals surface area contributed by atoms with E-state index >= 15 is 0 Å². The fourth-order valence-electron chi connectivity index (χ4n) is 2.93. The van der Waals surface area contributed by atoms with Gasteiger partial charge in [-0.15, -0.1) is 0 Å². The van der Waals surface area contributed by atoms with Crippen molar-refractivity contribution in [2.24, 2.45) is 0 Å². The molecular weight excluding hydrogens is 365 g/mol. The van der Waals surface area contributed by atoms with Crippen LogP contribution in [-0.2, 0) is 0 Å². The molecule has 1 aliphatic rings. The van der Waals surface area contributed by atoms with E-state index in [1.54, 1.807) is 6.07 Å². The number of aromatic nitrogens is 3. The molecule has 2 heterocycles. The molecule has 0 bridgehead atoms. The van der Waals surface area contributed by atoms with Crippen molar-refractivity contribution in [1.82, 2.24) is 15.0 Å². The number of hydrogen-bond acceptors (Lipinski definition) is 6. The van der Waals surface area contributed by atoms with E-state index in [2.05, 4.69) is 20.3 Å². The van der Waals surface area contributed by atoms with Gasteiger partial charge in [0.15, 0.2) is 12.4 Å². The first-order valence-electron chi connectivity index (χ1n) is 8.34. The molecule has 10 heteroatoms. The van der Waals surface area contributed by atoms with Crippen LogP contribution in [0.1, 0.15) is 37.2 Å². The second kappa shape index (κ2) is 8.19. The molecule has 0 radical (unpaired) electrons. The molecule has 2 aromatic heterocycles. The zero-order valence-electron chi connectivity index (χ0n) is 14.2. The van der Waals surface area contributed by atoms with E-state index in [4.69, 9.17) is 9.47 Å². The first kappa shape index (κ1) is 18.9. The van der Waals surface area contributed by atoms with Crippen molar-refractivity contribution < 1.29 is 27.4 Å². The maximum absolute atomic E-state index is 12.5. The van der Waals surface area contributed by atoms with E-state index in [1.807, 2.05) is 0 Å². The van der Waals surface area contributed by atoms with E-state index in [9.17, 15) is 18.0 Å². The van der Waals surface area contributed by atoms with Crippen LogP contribution in [0.25, 0.3) is 0 Å². The van der Waals surface area contributed by atoms with Crippen molar-refractivity contribution in [3.8, 4) is 11.6 Å². The number of carbonyl (C=O) groups is 1. The summed E-state index contributed by atoms with van der Waals surface area (Å²) >= 11 is 0. The maximum Gasteiger partial charge on any atom is 0.422 e. The molecule has 3 rings (SSSR count). The molecule has 0 unspecified atom stereocenters. The number of nitrogens with zero attached hydrogens (tertiary/aromatic N) is 3. The van der Waals surface area contributed by atoms with Gasteiger partial charge in [0.25, 0.3) is 0 Å². The Balaban J connectivity index is 1.73. The zero-order valence-corrected chi connectivity index (χ0v) is 14.2. The number of anilines is 1. The minimum Gasteiger partial charge on any atom is -0.468 e. The normalized spacial score (nSPS) is 14.8. The highest BCUT2D eigenvalue weighted by Crippen LogP contribution is 2.39. The number of ether oxygens (including phenoxy) is 2. The van der Waals surface area contributed by atoms with Gasteiger partial charge in [0.2, 0.25) is 5.88 Å². The highest BCUT2D eigenvalue weighted by Gasteiger charge is 2.30. The number of pyridine rings is 1. The number of carbonyl (C=O) groups excluding carboxylic acids is 1. The molecule has 27 heavy (non-hydrogen) atoms. The summed E-state index contributed by atoms with van der Waals surface area (Å²) in [5, 5.41) is 2.50. The lowest BCUT2D eigenvalue weighted by atomic mass is 9.98. The number of rotatable bonds is 5. The van der Waals surface area contributed by atoms with Gasteiger partial charge in [0.1, 0.15) is 6.33 Å². The van der Waals surface area contributed by atoms with Gasteiger partial charge in [0.05, 0.1) is 24.3 Å². The molecule has 1 aliphatic carbocycles. The molecule has 0 atom stereocenters. The van der Waals surface area contributed by atoms with Gasteiger partial charge in [-0.2, -0.15) is 13.2 Å². The van der Waals surface area contributed by atoms with Gasteiger partial charge in [-0.3, -0.25) is 5.32 Å². The van der Waals surface area contributed by atoms with Crippen LogP contribution in [0.15, 0.2) is 31.0 Å². The highest BCUT2D eigenvalue weighted by molar-refractivity contribution is 5.86. The summed E-state index contributed by atoms with van der Waals surface area (Å²) in [6, 6.07) is 1.58. The highest BCUT2D eigenvalue weighted by atomic mass is 19.4. The Labute approximate surface area is 152 Å². The Morgan fingerprint density at radius 3 is 2.56 bits per heavy atom. The molecule has 1 fully saturated rings. The van der Waals surface area contributed by atoms with Gasteiger partial charge < -0.3 is 9.47 Å². The monoisotopic (exact) mass is 382 g/mol. The molecule has 1 N–H and O–H groups in total. The lowest BCUT2D eigenvalue weighted by Crippen LogP contribution is -2.21. The van der Waals surface area contributed by atoms with Crippen LogP contribution >= 0.6 is 0 Å². The summed E-state index contributed by atoms with van der Waals surface area (Å²) in [5.74, 6) is 0.139. The van der Waals surface area contributed by atoms with E-state index in [0.29, 0.717) is 11.3 Å². The third-order valence-corrected chi connectivity index (χ3v) is 4.04. The summed E-state index contributed by atoms with van der Waals surface area (Å²) in [6.45, 7) is -1.41. The number of amides is 1. The largest absolute Gasteiger partial charge is 0.468 e. The van der Waals surface area contributed by atoms with Gasteiger partial charge in [-0.25, -0.2) is 19.7 Å². The summed E-state index contributed by atoms with van der Waals surface area (Å²) in [5.41, 5.74) is 0.857. The topological polar surface area (TPSA) is 86.2 Å². The quantitative estimate of drug-likeness (QED) is 0.839. The van der Waals surface area contributed by atoms with Gasteiger partial charge >= 0.3 is 12.3 Å². The van der Waals surface area contributed by atoms with Gasteiger partial charge in [-0.05, 0) is 24.8 Å². The first-order valence-corrected chi connectivity index (χ1v) is 8.34. The van der Waals surface area contributed by atoms with Crippen LogP contribution in [0.3, 0.4) is 0 Å². The number of alkyl halides is 3. The van der Waals surface area contributed by atoms with E-state index in [0.717, 1.165) is 25.7 Å². The third kappa shape index (κ3) is 5.53. The molecular formula is C17H17F3N4O3. The molecule has 1 saturated carbocycles. The Kier molecular flexibility index (Phi) is 5.72. The number of nitrogens with one attached hydrogen (secondary N) is 1. The van der Waals surface area contributed by atoms with E-state index in [1.165, 1.54) is 24.9 Å². The summed E-state index contributed by atoms with van der Waals surface area (Å²) in [4.78, 5) is 23.4. The second-order valence-electron chi connectivity index (χ2n) is 6.09. The van der Waals surface area contributed by atoms with Crippen molar-refractivity contribution in [2.75, 3.05) is 11.9 Å². The molecule has 0 saturated heterocycles. The zero-order chi connectivity index (χ0) is 19.3. The predicted molar refractivity (Wildman–Crippen MR) is 88.7 cm³/mol. The Morgan fingerprint density at radius 1 is 1.19 bits per heavy atom. The third-order valence-electron chi connectivity index (χ3n) is 4.04. The van der Waals surface area contributed by atoms with Gasteiger partial charge in [0, 0.05) is 5.56 Å². The van der Waals surface area contributed by atoms with Crippen LogP contribution in [0, 0.1) is 0 Å². The summed E-state index contributed by atoms with van der Waals surface area (Å²) in [7, 11) is 0. The second-order valence-corrected chi connectivity index (χ2v) is 6.09. The molecule has 1 amide bonds. The van der Waals surface area contributed by atoms with Crippen molar-refractivity contribution >= 4 is 11.8 Å². The van der Waals surface area contributed by atoms with Crippen LogP contribution in [0.5, 0.6) is 11.6 Å². The fraction of sp³-hybridized carbons (Fsp3) is 0.412. The Hall–Kier alpha value is -2.91. The average Bonchev–Trinajstić information content (AvgIpc) is 3.15. The van der Waals surface area contributed by atoms with Crippen LogP contribution in [0.2, 0.25) is 0 Å². The Morgan fingerprint density at radius 2 is 1.89 bits per heavy atom. The molecule has 0 aliphatic heterocycles. The summed E-state index contributed by atoms with van der Waals surface area (Å²) in [6.07, 6.45) is 3.56. The fourth-order valence-corrected chi connectivity index (χ4v) is 2.93. The predicted octanol–water partition coefficient (Wildman–Crippen LogP) is 4.08. The average molecular weight is 382 g/mol. The summed E-state index contributed by atoms with van der Waals surface area (Å²) < 4.78 is 47.3. The SMILES string of the molecule is O=C(Nc1cnc(OCC(F)(F)F)c(C2CCCC2)c1)Oc1cncnc1. The number of hydrogen-bond donors (Lipinski definition) is 1. The molecule has 7 nitrogen and oxygen atoms in total. The number of halogens is 3.